The summed E-state index contributed by atoms with van der Waals surface area (Å²) >= 11 is 0. The van der Waals surface area contributed by atoms with Crippen LogP contribution in [0.1, 0.15) is 36.6 Å². The van der Waals surface area contributed by atoms with Crippen molar-refractivity contribution in [2.24, 2.45) is 0 Å². The van der Waals surface area contributed by atoms with E-state index in [0.29, 0.717) is 23.2 Å². The van der Waals surface area contributed by atoms with E-state index in [1.165, 1.54) is 32.4 Å². The minimum Gasteiger partial charge on any atom is -0.377 e. The summed E-state index contributed by atoms with van der Waals surface area (Å²) in [7, 11) is 2.19. The molecule has 3 aromatic rings. The molecule has 0 radical (unpaired) electrons. The average molecular weight is 434 g/mol. The van der Waals surface area contributed by atoms with Crippen molar-refractivity contribution in [1.82, 2.24) is 15.1 Å². The summed E-state index contributed by atoms with van der Waals surface area (Å²) in [5.41, 5.74) is -0.356. The van der Waals surface area contributed by atoms with E-state index in [-0.39, 0.29) is 23.1 Å². The van der Waals surface area contributed by atoms with Crippen LogP contribution in [-0.2, 0) is 6.42 Å². The molecule has 0 amide bonds. The van der Waals surface area contributed by atoms with Crippen LogP contribution in [0.5, 0.6) is 0 Å². The van der Waals surface area contributed by atoms with Crippen molar-refractivity contribution in [3.8, 4) is 0 Å². The molecule has 31 heavy (non-hydrogen) atoms. The van der Waals surface area contributed by atoms with Crippen LogP contribution in [-0.4, -0.2) is 35.2 Å². The Bertz CT molecular complexity index is 1150. The summed E-state index contributed by atoms with van der Waals surface area (Å²) in [6.45, 7) is 2.64. The molecule has 1 fully saturated rings. The van der Waals surface area contributed by atoms with Gasteiger partial charge in [-0.3, -0.25) is 4.79 Å². The number of aromatic amines is 1. The van der Waals surface area contributed by atoms with Crippen LogP contribution in [0.2, 0.25) is 0 Å². The Morgan fingerprint density at radius 3 is 2.23 bits per heavy atom. The lowest BCUT2D eigenvalue weighted by Gasteiger charge is -2.27. The van der Waals surface area contributed by atoms with Crippen molar-refractivity contribution in [3.05, 3.63) is 69.1 Å². The SMILES string of the molecule is CN1CCCCC1.O=c1[nH]nc2c3c(cc(F)cc13)NC(c1c(F)cc(F)cc1F)C2. The third-order valence-electron chi connectivity index (χ3n) is 5.63. The third-order valence-corrected chi connectivity index (χ3v) is 5.63. The van der Waals surface area contributed by atoms with Crippen molar-refractivity contribution in [2.45, 2.75) is 31.7 Å². The number of benzene rings is 2. The molecule has 2 aliphatic rings. The van der Waals surface area contributed by atoms with Gasteiger partial charge in [0.1, 0.15) is 23.3 Å². The number of halogens is 4. The van der Waals surface area contributed by atoms with Gasteiger partial charge in [-0.1, -0.05) is 6.42 Å². The Hall–Kier alpha value is -2.94. The average Bonchev–Trinajstić information content (AvgIpc) is 2.70. The maximum atomic E-state index is 14.0. The minimum atomic E-state index is -1.05. The quantitative estimate of drug-likeness (QED) is 0.561. The summed E-state index contributed by atoms with van der Waals surface area (Å²) in [6.07, 6.45) is 4.32. The third kappa shape index (κ3) is 4.41. The zero-order valence-electron chi connectivity index (χ0n) is 16.9. The summed E-state index contributed by atoms with van der Waals surface area (Å²) < 4.78 is 54.9. The van der Waals surface area contributed by atoms with Crippen molar-refractivity contribution >= 4 is 16.5 Å². The highest BCUT2D eigenvalue weighted by Crippen LogP contribution is 2.37. The number of H-pyrrole nitrogens is 1. The first kappa shape index (κ1) is 21.3. The molecule has 0 bridgehead atoms. The second-order valence-electron chi connectivity index (χ2n) is 7.92. The first-order valence-corrected chi connectivity index (χ1v) is 10.1. The molecule has 5 rings (SSSR count). The molecular formula is C22H22F4N4O. The van der Waals surface area contributed by atoms with Crippen LogP contribution in [0.15, 0.2) is 29.1 Å². The van der Waals surface area contributed by atoms with E-state index in [1.807, 2.05) is 0 Å². The van der Waals surface area contributed by atoms with Gasteiger partial charge in [0.15, 0.2) is 0 Å². The molecule has 5 nitrogen and oxygen atoms in total. The second-order valence-corrected chi connectivity index (χ2v) is 7.92. The van der Waals surface area contributed by atoms with E-state index in [4.69, 9.17) is 0 Å². The van der Waals surface area contributed by atoms with Gasteiger partial charge in [0.2, 0.25) is 0 Å². The van der Waals surface area contributed by atoms with Crippen LogP contribution >= 0.6 is 0 Å². The smallest absolute Gasteiger partial charge is 0.272 e. The zero-order chi connectivity index (χ0) is 22.1. The maximum absolute atomic E-state index is 14.0. The number of hydrogen-bond donors (Lipinski definition) is 2. The van der Waals surface area contributed by atoms with Gasteiger partial charge < -0.3 is 10.2 Å². The number of rotatable bonds is 1. The number of anilines is 1. The molecule has 2 aromatic carbocycles. The molecule has 1 aromatic heterocycles. The van der Waals surface area contributed by atoms with Gasteiger partial charge in [-0.25, -0.2) is 22.7 Å². The fourth-order valence-electron chi connectivity index (χ4n) is 4.14. The predicted octanol–water partition coefficient (Wildman–Crippen LogP) is 4.29. The van der Waals surface area contributed by atoms with E-state index in [9.17, 15) is 22.4 Å². The molecular weight excluding hydrogens is 412 g/mol. The van der Waals surface area contributed by atoms with Crippen LogP contribution in [0, 0.1) is 23.3 Å². The molecule has 9 heteroatoms. The number of likely N-dealkylation sites (tertiary alicyclic amines) is 1. The fraction of sp³-hybridized carbons (Fsp3) is 0.364. The molecule has 1 saturated heterocycles. The Kier molecular flexibility index (Phi) is 5.95. The first-order chi connectivity index (χ1) is 14.8. The molecule has 3 heterocycles. The van der Waals surface area contributed by atoms with E-state index in [2.05, 4.69) is 27.5 Å². The number of nitrogens with one attached hydrogen (secondary N) is 2. The first-order valence-electron chi connectivity index (χ1n) is 10.1. The van der Waals surface area contributed by atoms with E-state index < -0.39 is 34.9 Å². The Balaban J connectivity index is 0.000000282. The van der Waals surface area contributed by atoms with Crippen LogP contribution in [0.25, 0.3) is 10.8 Å². The fourth-order valence-corrected chi connectivity index (χ4v) is 4.14. The highest BCUT2D eigenvalue weighted by Gasteiger charge is 2.28. The van der Waals surface area contributed by atoms with Gasteiger partial charge in [0, 0.05) is 35.2 Å². The van der Waals surface area contributed by atoms with Crippen LogP contribution < -0.4 is 10.9 Å². The molecule has 0 saturated carbocycles. The molecule has 0 spiro atoms. The largest absolute Gasteiger partial charge is 0.377 e. The number of piperidine rings is 1. The minimum absolute atomic E-state index is 0.0470. The lowest BCUT2D eigenvalue weighted by Crippen LogP contribution is -2.24. The van der Waals surface area contributed by atoms with Gasteiger partial charge in [0.05, 0.1) is 17.1 Å². The lowest BCUT2D eigenvalue weighted by atomic mass is 9.93. The summed E-state index contributed by atoms with van der Waals surface area (Å²) in [4.78, 5) is 14.2. The monoisotopic (exact) mass is 434 g/mol. The highest BCUT2D eigenvalue weighted by molar-refractivity contribution is 5.96. The summed E-state index contributed by atoms with van der Waals surface area (Å²) in [6, 6.07) is 2.44. The van der Waals surface area contributed by atoms with Crippen molar-refractivity contribution < 1.29 is 17.6 Å². The number of aromatic nitrogens is 2. The van der Waals surface area contributed by atoms with E-state index >= 15 is 0 Å². The number of hydrogen-bond acceptors (Lipinski definition) is 4. The molecule has 0 aliphatic carbocycles. The maximum Gasteiger partial charge on any atom is 0.272 e. The lowest BCUT2D eigenvalue weighted by molar-refractivity contribution is 0.277. The Morgan fingerprint density at radius 1 is 0.968 bits per heavy atom. The van der Waals surface area contributed by atoms with Crippen molar-refractivity contribution in [1.29, 1.82) is 0 Å². The van der Waals surface area contributed by atoms with Gasteiger partial charge in [-0.05, 0) is 45.1 Å². The Morgan fingerprint density at radius 2 is 1.61 bits per heavy atom. The normalized spacial score (nSPS) is 18.3. The topological polar surface area (TPSA) is 61.0 Å². The van der Waals surface area contributed by atoms with Crippen molar-refractivity contribution in [3.63, 3.8) is 0 Å². The van der Waals surface area contributed by atoms with E-state index in [0.717, 1.165) is 12.1 Å². The molecule has 1 unspecified atom stereocenters. The van der Waals surface area contributed by atoms with Gasteiger partial charge in [-0.2, -0.15) is 5.10 Å². The van der Waals surface area contributed by atoms with Gasteiger partial charge >= 0.3 is 0 Å². The van der Waals surface area contributed by atoms with Gasteiger partial charge in [0.25, 0.3) is 5.56 Å². The molecule has 2 N–H and O–H groups in total. The van der Waals surface area contributed by atoms with Crippen molar-refractivity contribution in [2.75, 3.05) is 25.5 Å². The molecule has 2 aliphatic heterocycles. The highest BCUT2D eigenvalue weighted by atomic mass is 19.1. The zero-order valence-corrected chi connectivity index (χ0v) is 16.9. The van der Waals surface area contributed by atoms with Crippen LogP contribution in [0.4, 0.5) is 23.2 Å². The standard InChI is InChI=1S/C16H9F4N3O.C6H13N/c17-6-1-8-14-11(4-6)21-12(5-13(14)22-23-16(8)24)15-9(19)2-7(18)3-10(15)20;1-7-5-3-2-4-6-7/h1-4,12,21H,5H2,(H,23,24);2-6H2,1H3. The summed E-state index contributed by atoms with van der Waals surface area (Å²) in [5, 5.41) is 9.46. The Labute approximate surface area is 176 Å². The molecule has 1 atom stereocenters. The number of nitrogens with zero attached hydrogens (tertiary/aromatic N) is 2. The van der Waals surface area contributed by atoms with Crippen LogP contribution in [0.3, 0.4) is 0 Å². The van der Waals surface area contributed by atoms with E-state index in [1.54, 1.807) is 0 Å². The summed E-state index contributed by atoms with van der Waals surface area (Å²) in [5.74, 6) is -3.80. The molecule has 164 valence electrons. The second kappa shape index (κ2) is 8.66. The van der Waals surface area contributed by atoms with Gasteiger partial charge in [-0.15, -0.1) is 0 Å². The predicted molar refractivity (Wildman–Crippen MR) is 110 cm³/mol.